The number of rotatable bonds is 40. The monoisotopic (exact) mass is 755 g/mol. The summed E-state index contributed by atoms with van der Waals surface area (Å²) in [5.74, 6) is -0.218. The van der Waals surface area contributed by atoms with Crippen molar-refractivity contribution in [1.29, 1.82) is 0 Å². The van der Waals surface area contributed by atoms with Gasteiger partial charge in [0, 0.05) is 37.3 Å². The number of carbonyl (C=O) groups excluding carboxylic acids is 2. The van der Waals surface area contributed by atoms with Gasteiger partial charge < -0.3 is 20.4 Å². The van der Waals surface area contributed by atoms with E-state index in [0.717, 1.165) is 39.3 Å². The van der Waals surface area contributed by atoms with Gasteiger partial charge in [0.05, 0.1) is 0 Å². The maximum atomic E-state index is 12.9. The Kier molecular flexibility index (Phi) is 35.2. The van der Waals surface area contributed by atoms with E-state index < -0.39 is 0 Å². The van der Waals surface area contributed by atoms with Crippen LogP contribution in [0.2, 0.25) is 0 Å². The Morgan fingerprint density at radius 2 is 0.685 bits per heavy atom. The van der Waals surface area contributed by atoms with Crippen LogP contribution in [-0.2, 0) is 0 Å². The van der Waals surface area contributed by atoms with Crippen molar-refractivity contribution in [2.75, 3.05) is 52.4 Å². The molecule has 314 valence electrons. The molecule has 0 bridgehead atoms. The lowest BCUT2D eigenvalue weighted by Gasteiger charge is -2.21. The molecule has 0 aromatic heterocycles. The van der Waals surface area contributed by atoms with Crippen molar-refractivity contribution in [3.63, 3.8) is 0 Å². The summed E-state index contributed by atoms with van der Waals surface area (Å²) in [7, 11) is 0. The van der Waals surface area contributed by atoms with Gasteiger partial charge in [-0.2, -0.15) is 0 Å². The minimum absolute atomic E-state index is 0.109. The van der Waals surface area contributed by atoms with Gasteiger partial charge in [-0.15, -0.1) is 0 Å². The van der Waals surface area contributed by atoms with Crippen LogP contribution in [0.3, 0.4) is 0 Å². The molecule has 2 amide bonds. The Morgan fingerprint density at radius 3 is 0.963 bits per heavy atom. The highest BCUT2D eigenvalue weighted by Crippen LogP contribution is 2.15. The van der Waals surface area contributed by atoms with E-state index in [2.05, 4.69) is 48.1 Å². The molecule has 0 fully saturated rings. The molecular weight excluding hydrogens is 665 g/mol. The van der Waals surface area contributed by atoms with E-state index in [0.29, 0.717) is 24.2 Å². The van der Waals surface area contributed by atoms with Crippen molar-refractivity contribution in [1.82, 2.24) is 20.4 Å². The van der Waals surface area contributed by atoms with Crippen LogP contribution < -0.4 is 10.6 Å². The van der Waals surface area contributed by atoms with Crippen LogP contribution in [0.5, 0.6) is 0 Å². The predicted octanol–water partition coefficient (Wildman–Crippen LogP) is 12.8. The maximum Gasteiger partial charge on any atom is 0.251 e. The first-order valence-corrected chi connectivity index (χ1v) is 23.7. The molecule has 0 aliphatic rings. The lowest BCUT2D eigenvalue weighted by molar-refractivity contribution is 0.0947. The second kappa shape index (κ2) is 38.0. The number of hydrogen-bond acceptors (Lipinski definition) is 4. The number of benzene rings is 1. The van der Waals surface area contributed by atoms with Gasteiger partial charge in [-0.05, 0) is 57.2 Å². The summed E-state index contributed by atoms with van der Waals surface area (Å²) in [4.78, 5) is 30.7. The van der Waals surface area contributed by atoms with Crippen LogP contribution in [0, 0.1) is 0 Å². The highest BCUT2D eigenvalue weighted by Gasteiger charge is 2.12. The van der Waals surface area contributed by atoms with E-state index >= 15 is 0 Å². The molecule has 2 N–H and O–H groups in total. The Bertz CT molecular complexity index is 912. The number of nitrogens with one attached hydrogen (secondary N) is 2. The fraction of sp³-hybridized carbons (Fsp3) is 0.833. The Balaban J connectivity index is 2.13. The molecule has 1 aromatic rings. The average Bonchev–Trinajstić information content (AvgIpc) is 3.19. The quantitative estimate of drug-likeness (QED) is 0.0655. The Hall–Kier alpha value is -1.92. The minimum Gasteiger partial charge on any atom is -0.351 e. The van der Waals surface area contributed by atoms with E-state index in [1.165, 1.54) is 180 Å². The first-order valence-electron chi connectivity index (χ1n) is 23.7. The number of unbranched alkanes of at least 4 members (excludes halogenated alkanes) is 26. The Labute approximate surface area is 336 Å². The average molecular weight is 755 g/mol. The summed E-state index contributed by atoms with van der Waals surface area (Å²) in [6, 6.07) is 7.14. The molecule has 0 saturated carbocycles. The van der Waals surface area contributed by atoms with Crippen LogP contribution in [-0.4, -0.2) is 74.0 Å². The lowest BCUT2D eigenvalue weighted by Crippen LogP contribution is -2.36. The zero-order chi connectivity index (χ0) is 39.2. The fourth-order valence-corrected chi connectivity index (χ4v) is 7.58. The number of carbonyl (C=O) groups is 2. The van der Waals surface area contributed by atoms with Gasteiger partial charge in [-0.1, -0.05) is 201 Å². The molecule has 1 rings (SSSR count). The van der Waals surface area contributed by atoms with Gasteiger partial charge in [0.15, 0.2) is 0 Å². The van der Waals surface area contributed by atoms with Crippen LogP contribution >= 0.6 is 0 Å². The lowest BCUT2D eigenvalue weighted by atomic mass is 10.0. The van der Waals surface area contributed by atoms with Crippen molar-refractivity contribution in [3.05, 3.63) is 35.4 Å². The minimum atomic E-state index is -0.109. The molecule has 0 saturated heterocycles. The second-order valence-corrected chi connectivity index (χ2v) is 16.2. The zero-order valence-electron chi connectivity index (χ0n) is 36.5. The van der Waals surface area contributed by atoms with Crippen LogP contribution in [0.1, 0.15) is 228 Å². The largest absolute Gasteiger partial charge is 0.351 e. The van der Waals surface area contributed by atoms with Crippen LogP contribution in [0.15, 0.2) is 24.3 Å². The molecule has 0 aliphatic heterocycles. The molecule has 0 atom stereocenters. The van der Waals surface area contributed by atoms with Crippen molar-refractivity contribution in [2.45, 2.75) is 207 Å². The maximum absolute atomic E-state index is 12.9. The van der Waals surface area contributed by atoms with Gasteiger partial charge in [0.1, 0.15) is 0 Å². The first-order chi connectivity index (χ1) is 26.5. The van der Waals surface area contributed by atoms with E-state index in [1.807, 2.05) is 6.07 Å². The smallest absolute Gasteiger partial charge is 0.251 e. The summed E-state index contributed by atoms with van der Waals surface area (Å²) in [5, 5.41) is 6.16. The van der Waals surface area contributed by atoms with Crippen molar-refractivity contribution in [2.24, 2.45) is 0 Å². The predicted molar refractivity (Wildman–Crippen MR) is 236 cm³/mol. The van der Waals surface area contributed by atoms with Crippen molar-refractivity contribution < 1.29 is 9.59 Å². The number of nitrogens with zero attached hydrogens (tertiary/aromatic N) is 2. The van der Waals surface area contributed by atoms with Gasteiger partial charge in [0.25, 0.3) is 11.8 Å². The molecule has 54 heavy (non-hydrogen) atoms. The van der Waals surface area contributed by atoms with Gasteiger partial charge in [-0.25, -0.2) is 0 Å². The van der Waals surface area contributed by atoms with Crippen molar-refractivity contribution in [3.8, 4) is 0 Å². The SMILES string of the molecule is CCCCCCCCCCCCCCCCN(CC)CCNC(=O)c1cccc(C(=O)NCCN(CC)CCCCCCCCCCCCCCCC)c1. The topological polar surface area (TPSA) is 64.7 Å². The third kappa shape index (κ3) is 29.4. The molecule has 0 spiro atoms. The highest BCUT2D eigenvalue weighted by atomic mass is 16.2. The second-order valence-electron chi connectivity index (χ2n) is 16.2. The van der Waals surface area contributed by atoms with Gasteiger partial charge >= 0.3 is 0 Å². The molecule has 0 unspecified atom stereocenters. The van der Waals surface area contributed by atoms with E-state index in [-0.39, 0.29) is 11.8 Å². The molecule has 6 nitrogen and oxygen atoms in total. The van der Waals surface area contributed by atoms with E-state index in [9.17, 15) is 9.59 Å². The number of amides is 2. The molecule has 1 aromatic carbocycles. The molecular formula is C48H90N4O2. The fourth-order valence-electron chi connectivity index (χ4n) is 7.58. The normalized spacial score (nSPS) is 11.5. The summed E-state index contributed by atoms with van der Waals surface area (Å²) in [5.41, 5.74) is 1.09. The zero-order valence-corrected chi connectivity index (χ0v) is 36.5. The number of hydrogen-bond donors (Lipinski definition) is 2. The third-order valence-electron chi connectivity index (χ3n) is 11.4. The third-order valence-corrected chi connectivity index (χ3v) is 11.4. The van der Waals surface area contributed by atoms with Crippen LogP contribution in [0.25, 0.3) is 0 Å². The van der Waals surface area contributed by atoms with E-state index in [1.54, 1.807) is 18.2 Å². The van der Waals surface area contributed by atoms with E-state index in [4.69, 9.17) is 0 Å². The van der Waals surface area contributed by atoms with Crippen molar-refractivity contribution >= 4 is 11.8 Å². The Morgan fingerprint density at radius 1 is 0.407 bits per heavy atom. The van der Waals surface area contributed by atoms with Gasteiger partial charge in [-0.3, -0.25) is 9.59 Å². The molecule has 0 heterocycles. The molecule has 0 aliphatic carbocycles. The summed E-state index contributed by atoms with van der Waals surface area (Å²) >= 11 is 0. The standard InChI is InChI=1S/C48H90N4O2/c1-5-9-11-13-15-17-19-21-23-25-27-29-31-33-40-51(7-3)42-38-49-47(53)45-36-35-37-46(44-45)48(54)50-39-43-52(8-4)41-34-32-30-28-26-24-22-20-18-16-14-12-10-6-2/h35-37,44H,5-34,38-43H2,1-4H3,(H,49,53)(H,50,54). The van der Waals surface area contributed by atoms with Crippen LogP contribution in [0.4, 0.5) is 0 Å². The summed E-state index contributed by atoms with van der Waals surface area (Å²) in [6.45, 7) is 16.1. The molecule has 6 heteroatoms. The highest BCUT2D eigenvalue weighted by molar-refractivity contribution is 5.99. The first kappa shape index (κ1) is 50.1. The summed E-state index contributed by atoms with van der Waals surface area (Å²) in [6.07, 6.45) is 38.6. The summed E-state index contributed by atoms with van der Waals surface area (Å²) < 4.78 is 0. The van der Waals surface area contributed by atoms with Gasteiger partial charge in [0.2, 0.25) is 0 Å². The molecule has 0 radical (unpaired) electrons. The number of likely N-dealkylation sites (N-methyl/N-ethyl adjacent to an activating group) is 2.